The lowest BCUT2D eigenvalue weighted by Gasteiger charge is -2.22. The first-order chi connectivity index (χ1) is 51.1. The molecule has 9 N–H and O–H groups in total. The van der Waals surface area contributed by atoms with Gasteiger partial charge in [0.05, 0.1) is 29.7 Å². The number of aliphatic hydroxyl groups is 3. The van der Waals surface area contributed by atoms with E-state index in [9.17, 15) is 15.3 Å². The van der Waals surface area contributed by atoms with Crippen molar-refractivity contribution in [3.05, 3.63) is 359 Å². The second kappa shape index (κ2) is 46.0. The van der Waals surface area contributed by atoms with Crippen LogP contribution >= 0.6 is 0 Å². The molecule has 12 rings (SSSR count). The van der Waals surface area contributed by atoms with Crippen molar-refractivity contribution in [2.45, 2.75) is 180 Å². The van der Waals surface area contributed by atoms with E-state index in [1.165, 1.54) is 55.6 Å². The predicted octanol–water partition coefficient (Wildman–Crippen LogP) is 18.1. The van der Waals surface area contributed by atoms with Gasteiger partial charge in [-0.25, -0.2) is 0 Å². The molecule has 0 saturated carbocycles. The molecule has 2 heterocycles. The van der Waals surface area contributed by atoms with Crippen molar-refractivity contribution in [2.24, 2.45) is 57.1 Å². The summed E-state index contributed by atoms with van der Waals surface area (Å²) in [4.78, 5) is 11.3. The van der Waals surface area contributed by atoms with E-state index in [-0.39, 0.29) is 66.4 Å². The molecule has 0 fully saturated rings. The van der Waals surface area contributed by atoms with E-state index in [1.54, 1.807) is 0 Å². The highest BCUT2D eigenvalue weighted by Gasteiger charge is 2.29. The number of hydrogen-bond donors (Lipinski definition) is 6. The van der Waals surface area contributed by atoms with Gasteiger partial charge < -0.3 is 42.2 Å². The average Bonchev–Trinajstić information content (AvgIpc) is 1.75. The van der Waals surface area contributed by atoms with Gasteiger partial charge in [0.2, 0.25) is 0 Å². The van der Waals surface area contributed by atoms with Gasteiger partial charge in [-0.05, 0) is 144 Å². The Balaban J connectivity index is 0.000000166. The van der Waals surface area contributed by atoms with Crippen molar-refractivity contribution in [1.82, 2.24) is 0 Å². The first-order valence-electron chi connectivity index (χ1n) is 38.2. The Labute approximate surface area is 628 Å². The molecule has 0 radical (unpaired) electrons. The van der Waals surface area contributed by atoms with Crippen molar-refractivity contribution in [3.8, 4) is 0 Å². The Morgan fingerprint density at radius 2 is 0.457 bits per heavy atom. The quantitative estimate of drug-likeness (QED) is 0.0248. The van der Waals surface area contributed by atoms with E-state index in [0.29, 0.717) is 31.1 Å². The van der Waals surface area contributed by atoms with E-state index in [0.717, 1.165) is 88.5 Å². The average molecular weight is 1410 g/mol. The molecule has 2 aliphatic rings. The Morgan fingerprint density at radius 3 is 0.667 bits per heavy atom. The molecule has 10 aromatic carbocycles. The van der Waals surface area contributed by atoms with Crippen LogP contribution in [0.2, 0.25) is 0 Å². The minimum Gasteiger partial charge on any atom is -0.393 e. The van der Waals surface area contributed by atoms with Crippen LogP contribution in [0.3, 0.4) is 0 Å². The molecule has 10 unspecified atom stereocenters. The number of rotatable bonds is 31. The molecule has 0 spiro atoms. The number of hydrogen-bond acceptors (Lipinski definition) is 10. The zero-order valence-electron chi connectivity index (χ0n) is 62.8. The summed E-state index contributed by atoms with van der Waals surface area (Å²) in [6.45, 7) is 10.8. The van der Waals surface area contributed by atoms with Crippen molar-refractivity contribution >= 4 is 11.4 Å². The lowest BCUT2D eigenvalue weighted by atomic mass is 9.90. The van der Waals surface area contributed by atoms with Gasteiger partial charge in [0, 0.05) is 55.6 Å². The van der Waals surface area contributed by atoms with Crippen LogP contribution in [-0.2, 0) is 73.9 Å². The van der Waals surface area contributed by atoms with Crippen LogP contribution < -0.4 is 17.2 Å². The molecular weight excluding hydrogens is 1290 g/mol. The molecule has 10 nitrogen and oxygen atoms in total. The van der Waals surface area contributed by atoms with Gasteiger partial charge in [-0.3, -0.25) is 0 Å². The highest BCUT2D eigenvalue weighted by Crippen LogP contribution is 2.27. The largest absolute Gasteiger partial charge is 0.393 e. The van der Waals surface area contributed by atoms with Crippen molar-refractivity contribution in [1.29, 1.82) is 0 Å². The molecular formula is C95H117N5O5. The maximum absolute atomic E-state index is 10.3. The molecule has 2 aliphatic heterocycles. The summed E-state index contributed by atoms with van der Waals surface area (Å²) < 4.78 is 0. The second-order valence-corrected chi connectivity index (χ2v) is 29.4. The van der Waals surface area contributed by atoms with E-state index in [4.69, 9.17) is 26.9 Å². The third-order valence-electron chi connectivity index (χ3n) is 19.9. The Morgan fingerprint density at radius 1 is 0.276 bits per heavy atom. The lowest BCUT2D eigenvalue weighted by Crippen LogP contribution is -2.32. The Kier molecular flexibility index (Phi) is 35.7. The highest BCUT2D eigenvalue weighted by molar-refractivity contribution is 5.88. The summed E-state index contributed by atoms with van der Waals surface area (Å²) in [7, 11) is 0. The van der Waals surface area contributed by atoms with Gasteiger partial charge in [0.25, 0.3) is 0 Å². The summed E-state index contributed by atoms with van der Waals surface area (Å²) in [5, 5.41) is 39.6. The van der Waals surface area contributed by atoms with Gasteiger partial charge in [0.1, 0.15) is 12.2 Å². The van der Waals surface area contributed by atoms with Gasteiger partial charge >= 0.3 is 0 Å². The molecule has 0 bridgehead atoms. The van der Waals surface area contributed by atoms with Gasteiger partial charge in [-0.1, -0.05) is 348 Å². The number of oxime groups is 2. The van der Waals surface area contributed by atoms with Crippen LogP contribution in [0.4, 0.5) is 0 Å². The fourth-order valence-electron chi connectivity index (χ4n) is 13.6. The van der Waals surface area contributed by atoms with Gasteiger partial charge in [-0.2, -0.15) is 0 Å². The molecule has 0 amide bonds. The third kappa shape index (κ3) is 31.6. The molecule has 0 aromatic heterocycles. The molecule has 0 aliphatic carbocycles. The fraction of sp³-hybridized carbons (Fsp3) is 0.347. The summed E-state index contributed by atoms with van der Waals surface area (Å²) >= 11 is 0. The predicted molar refractivity (Wildman–Crippen MR) is 437 cm³/mol. The number of aliphatic hydroxyl groups excluding tert-OH is 3. The zero-order chi connectivity index (χ0) is 74.2. The third-order valence-corrected chi connectivity index (χ3v) is 19.9. The van der Waals surface area contributed by atoms with Crippen LogP contribution in [0.5, 0.6) is 0 Å². The first-order valence-corrected chi connectivity index (χ1v) is 38.2. The Bertz CT molecular complexity index is 3580. The van der Waals surface area contributed by atoms with Crippen LogP contribution in [-0.4, -0.2) is 75.4 Å². The van der Waals surface area contributed by atoms with Gasteiger partial charge in [0.15, 0.2) is 0 Å². The van der Waals surface area contributed by atoms with Crippen LogP contribution in [0.15, 0.2) is 314 Å². The minimum absolute atomic E-state index is 0.000577. The van der Waals surface area contributed by atoms with Crippen molar-refractivity contribution in [3.63, 3.8) is 0 Å². The highest BCUT2D eigenvalue weighted by atomic mass is 16.6. The van der Waals surface area contributed by atoms with Crippen molar-refractivity contribution < 1.29 is 25.0 Å². The molecule has 552 valence electrons. The first kappa shape index (κ1) is 81.6. The zero-order valence-corrected chi connectivity index (χ0v) is 62.8. The smallest absolute Gasteiger partial charge is 0.135 e. The lowest BCUT2D eigenvalue weighted by molar-refractivity contribution is 0.0463. The normalized spacial score (nSPS) is 16.8. The maximum atomic E-state index is 10.3. The van der Waals surface area contributed by atoms with E-state index in [2.05, 4.69) is 227 Å². The minimum atomic E-state index is -0.357. The van der Waals surface area contributed by atoms with Crippen LogP contribution in [0.25, 0.3) is 0 Å². The summed E-state index contributed by atoms with van der Waals surface area (Å²) in [6.07, 6.45) is 12.2. The van der Waals surface area contributed by atoms with Gasteiger partial charge in [-0.15, -0.1) is 0 Å². The molecule has 10 aromatic rings. The maximum Gasteiger partial charge on any atom is 0.135 e. The second-order valence-electron chi connectivity index (χ2n) is 29.4. The molecule has 10 heteroatoms. The monoisotopic (exact) mass is 1410 g/mol. The fourth-order valence-corrected chi connectivity index (χ4v) is 13.6. The molecule has 13 atom stereocenters. The van der Waals surface area contributed by atoms with Crippen LogP contribution in [0.1, 0.15) is 122 Å². The standard InChI is InChI=1S/2C19H21NO.3C19H25NO/c2*1-15(12-16-8-4-2-5-9-16)19-14-18(20-21-19)13-17-10-6-3-7-11-17;3*1-15(12-16-8-4-2-5-9-16)19(21)14-18(20)13-17-10-6-3-7-11-17/h2*2-11,15,19H,12-14H2,1H3;3*2-11,15,18-19,21H,12-14,20H2,1H3/t15-,19?;;2*15-,18?,19?;/m0.00./s1. The number of nitrogens with zero attached hydrogens (tertiary/aromatic N) is 2. The number of nitrogens with two attached hydrogens (primary N) is 3. The van der Waals surface area contributed by atoms with Crippen molar-refractivity contribution in [2.75, 3.05) is 0 Å². The summed E-state index contributed by atoms with van der Waals surface area (Å²) in [6, 6.07) is 104. The SMILES string of the molecule is CC(Cc1ccccc1)C(O)CC(N)Cc1ccccc1.CC(Cc1ccccc1)C1CC(Cc2ccccc2)=NO1.C[C@@H](Cc1ccccc1)C(O)CC(N)Cc1ccccc1.C[C@@H](Cc1ccccc1)C(O)CC(N)Cc1ccccc1.C[C@@H](Cc1ccccc1)C1CC(Cc2ccccc2)=NO1. The summed E-state index contributed by atoms with van der Waals surface area (Å²) in [5.41, 5.74) is 33.7. The molecule has 105 heavy (non-hydrogen) atoms. The van der Waals surface area contributed by atoms with E-state index < -0.39 is 0 Å². The van der Waals surface area contributed by atoms with E-state index >= 15 is 0 Å². The summed E-state index contributed by atoms with van der Waals surface area (Å²) in [5.74, 6) is 1.60. The number of benzene rings is 10. The Hall–Kier alpha value is -9.10. The van der Waals surface area contributed by atoms with E-state index in [1.807, 2.05) is 121 Å². The molecule has 0 saturated heterocycles. The topological polar surface area (TPSA) is 182 Å². The van der Waals surface area contributed by atoms with Crippen LogP contribution in [0, 0.1) is 29.6 Å².